The smallest absolute Gasteiger partial charge is 0.308 e. The van der Waals surface area contributed by atoms with Crippen molar-refractivity contribution in [3.05, 3.63) is 34.2 Å². The van der Waals surface area contributed by atoms with Crippen molar-refractivity contribution in [1.29, 1.82) is 0 Å². The van der Waals surface area contributed by atoms with E-state index in [2.05, 4.69) is 10.3 Å². The molecule has 0 aromatic carbocycles. The Labute approximate surface area is 91.3 Å². The molecule has 1 aromatic rings. The first-order valence-corrected chi connectivity index (χ1v) is 4.71. The van der Waals surface area contributed by atoms with Crippen LogP contribution in [0.5, 0.6) is 0 Å². The van der Waals surface area contributed by atoms with E-state index < -0.39 is 23.4 Å². The molecule has 86 valence electrons. The maximum Gasteiger partial charge on any atom is 0.308 e. The van der Waals surface area contributed by atoms with E-state index in [-0.39, 0.29) is 12.1 Å². The zero-order chi connectivity index (χ0) is 12.1. The van der Waals surface area contributed by atoms with Crippen LogP contribution in [-0.4, -0.2) is 28.5 Å². The molecule has 16 heavy (non-hydrogen) atoms. The number of aliphatic carboxylic acids is 1. The average Bonchev–Trinajstić information content (AvgIpc) is 2.25. The van der Waals surface area contributed by atoms with Gasteiger partial charge in [-0.05, 0) is 12.1 Å². The molecule has 6 heteroatoms. The second kappa shape index (κ2) is 5.11. The van der Waals surface area contributed by atoms with E-state index in [0.717, 1.165) is 0 Å². The van der Waals surface area contributed by atoms with Gasteiger partial charge in [-0.1, -0.05) is 6.92 Å². The fraction of sp³-hybridized carbons (Fsp3) is 0.300. The van der Waals surface area contributed by atoms with Gasteiger partial charge in [0.1, 0.15) is 5.56 Å². The molecule has 1 aromatic heterocycles. The van der Waals surface area contributed by atoms with Crippen LogP contribution in [0.2, 0.25) is 0 Å². The zero-order valence-corrected chi connectivity index (χ0v) is 8.69. The Balaban J connectivity index is 2.64. The summed E-state index contributed by atoms with van der Waals surface area (Å²) in [6.07, 6.45) is 1.42. The number of carbonyl (C=O) groups excluding carboxylic acids is 1. The van der Waals surface area contributed by atoms with Gasteiger partial charge in [0.15, 0.2) is 0 Å². The Morgan fingerprint density at radius 1 is 1.56 bits per heavy atom. The highest BCUT2D eigenvalue weighted by Crippen LogP contribution is 1.94. The minimum absolute atomic E-state index is 0.0114. The molecule has 1 unspecified atom stereocenters. The van der Waals surface area contributed by atoms with Crippen LogP contribution in [0.4, 0.5) is 0 Å². The van der Waals surface area contributed by atoms with Gasteiger partial charge in [0.2, 0.25) is 0 Å². The number of nitrogens with one attached hydrogen (secondary N) is 2. The predicted octanol–water partition coefficient (Wildman–Crippen LogP) is -0.175. The number of carboxylic acid groups (broad SMARTS) is 1. The number of carboxylic acids is 1. The van der Waals surface area contributed by atoms with Crippen LogP contribution >= 0.6 is 0 Å². The summed E-state index contributed by atoms with van der Waals surface area (Å²) in [5.41, 5.74) is -0.525. The molecule has 0 spiro atoms. The number of hydrogen-bond donors (Lipinski definition) is 3. The number of hydrogen-bond acceptors (Lipinski definition) is 3. The molecule has 1 heterocycles. The number of pyridine rings is 1. The van der Waals surface area contributed by atoms with Gasteiger partial charge in [-0.2, -0.15) is 0 Å². The molecule has 6 nitrogen and oxygen atoms in total. The van der Waals surface area contributed by atoms with E-state index in [1.165, 1.54) is 25.3 Å². The molecule has 0 saturated carbocycles. The fourth-order valence-corrected chi connectivity index (χ4v) is 1.03. The van der Waals surface area contributed by atoms with Crippen molar-refractivity contribution in [1.82, 2.24) is 10.3 Å². The third-order valence-corrected chi connectivity index (χ3v) is 2.05. The summed E-state index contributed by atoms with van der Waals surface area (Å²) in [6, 6.07) is 2.90. The van der Waals surface area contributed by atoms with Gasteiger partial charge in [0.25, 0.3) is 11.5 Å². The van der Waals surface area contributed by atoms with E-state index in [0.29, 0.717) is 0 Å². The van der Waals surface area contributed by atoms with Gasteiger partial charge in [-0.3, -0.25) is 14.4 Å². The number of H-pyrrole nitrogens is 1. The van der Waals surface area contributed by atoms with E-state index >= 15 is 0 Å². The number of rotatable bonds is 4. The molecule has 0 radical (unpaired) electrons. The molecule has 1 amide bonds. The molecule has 0 bridgehead atoms. The van der Waals surface area contributed by atoms with Crippen LogP contribution in [0.15, 0.2) is 23.1 Å². The second-order valence-corrected chi connectivity index (χ2v) is 3.36. The lowest BCUT2D eigenvalue weighted by molar-refractivity contribution is -0.140. The van der Waals surface area contributed by atoms with Gasteiger partial charge in [0.05, 0.1) is 5.92 Å². The number of carbonyl (C=O) groups is 2. The predicted molar refractivity (Wildman–Crippen MR) is 56.2 cm³/mol. The lowest BCUT2D eigenvalue weighted by Gasteiger charge is -2.07. The van der Waals surface area contributed by atoms with Crippen molar-refractivity contribution in [3.63, 3.8) is 0 Å². The number of aromatic nitrogens is 1. The molecular formula is C10H12N2O4. The Morgan fingerprint density at radius 3 is 2.81 bits per heavy atom. The molecule has 0 aliphatic carbocycles. The summed E-state index contributed by atoms with van der Waals surface area (Å²) in [6.45, 7) is 1.46. The Morgan fingerprint density at radius 2 is 2.25 bits per heavy atom. The highest BCUT2D eigenvalue weighted by atomic mass is 16.4. The van der Waals surface area contributed by atoms with Crippen molar-refractivity contribution in [2.75, 3.05) is 6.54 Å². The Hall–Kier alpha value is -2.11. The van der Waals surface area contributed by atoms with Crippen LogP contribution in [0.25, 0.3) is 0 Å². The van der Waals surface area contributed by atoms with Crippen LogP contribution in [0.3, 0.4) is 0 Å². The SMILES string of the molecule is CC(CNC(=O)c1ccc[nH]c1=O)C(=O)O. The van der Waals surface area contributed by atoms with Crippen LogP contribution in [0.1, 0.15) is 17.3 Å². The average molecular weight is 224 g/mol. The van der Waals surface area contributed by atoms with Gasteiger partial charge in [0, 0.05) is 12.7 Å². The van der Waals surface area contributed by atoms with Gasteiger partial charge in [-0.25, -0.2) is 0 Å². The van der Waals surface area contributed by atoms with E-state index in [4.69, 9.17) is 5.11 Å². The van der Waals surface area contributed by atoms with Crippen LogP contribution < -0.4 is 10.9 Å². The number of amides is 1. The summed E-state index contributed by atoms with van der Waals surface area (Å²) in [4.78, 5) is 35.5. The first-order valence-electron chi connectivity index (χ1n) is 4.71. The summed E-state index contributed by atoms with van der Waals surface area (Å²) in [7, 11) is 0. The standard InChI is InChI=1S/C10H12N2O4/c1-6(10(15)16)5-12-9(14)7-3-2-4-11-8(7)13/h2-4,6H,5H2,1H3,(H,11,13)(H,12,14)(H,15,16). The maximum absolute atomic E-state index is 11.5. The molecule has 0 aliphatic heterocycles. The van der Waals surface area contributed by atoms with Gasteiger partial charge < -0.3 is 15.4 Å². The molecule has 1 rings (SSSR count). The van der Waals surface area contributed by atoms with E-state index in [1.54, 1.807) is 0 Å². The second-order valence-electron chi connectivity index (χ2n) is 3.36. The van der Waals surface area contributed by atoms with Gasteiger partial charge in [-0.15, -0.1) is 0 Å². The lowest BCUT2D eigenvalue weighted by atomic mass is 10.2. The van der Waals surface area contributed by atoms with Crippen molar-refractivity contribution >= 4 is 11.9 Å². The highest BCUT2D eigenvalue weighted by Gasteiger charge is 2.14. The zero-order valence-electron chi connectivity index (χ0n) is 8.69. The first kappa shape index (κ1) is 12.0. The first-order chi connectivity index (χ1) is 7.52. The molecular weight excluding hydrogens is 212 g/mol. The Kier molecular flexibility index (Phi) is 3.82. The summed E-state index contributed by atoms with van der Waals surface area (Å²) < 4.78 is 0. The van der Waals surface area contributed by atoms with Crippen molar-refractivity contribution in [2.45, 2.75) is 6.92 Å². The molecule has 1 atom stereocenters. The van der Waals surface area contributed by atoms with Crippen LogP contribution in [-0.2, 0) is 4.79 Å². The topological polar surface area (TPSA) is 99.3 Å². The van der Waals surface area contributed by atoms with E-state index in [9.17, 15) is 14.4 Å². The third-order valence-electron chi connectivity index (χ3n) is 2.05. The van der Waals surface area contributed by atoms with E-state index in [1.807, 2.05) is 0 Å². The van der Waals surface area contributed by atoms with Gasteiger partial charge >= 0.3 is 5.97 Å². The minimum atomic E-state index is -0.998. The molecule has 0 aliphatic rings. The molecule has 0 fully saturated rings. The normalized spacial score (nSPS) is 11.8. The molecule has 0 saturated heterocycles. The quantitative estimate of drug-likeness (QED) is 0.660. The third kappa shape index (κ3) is 2.94. The van der Waals surface area contributed by atoms with Crippen LogP contribution in [0, 0.1) is 5.92 Å². The summed E-state index contributed by atoms with van der Waals surface area (Å²) in [5, 5.41) is 11.0. The van der Waals surface area contributed by atoms with Crippen molar-refractivity contribution < 1.29 is 14.7 Å². The summed E-state index contributed by atoms with van der Waals surface area (Å²) >= 11 is 0. The largest absolute Gasteiger partial charge is 0.481 e. The van der Waals surface area contributed by atoms with Crippen molar-refractivity contribution in [2.24, 2.45) is 5.92 Å². The highest BCUT2D eigenvalue weighted by molar-refractivity contribution is 5.93. The minimum Gasteiger partial charge on any atom is -0.481 e. The van der Waals surface area contributed by atoms with Crippen molar-refractivity contribution in [3.8, 4) is 0 Å². The number of aromatic amines is 1. The molecule has 3 N–H and O–H groups in total. The fourth-order valence-electron chi connectivity index (χ4n) is 1.03. The maximum atomic E-state index is 11.5. The Bertz CT molecular complexity index is 452. The monoisotopic (exact) mass is 224 g/mol. The summed E-state index contributed by atoms with van der Waals surface area (Å²) in [5.74, 6) is -2.26. The lowest BCUT2D eigenvalue weighted by Crippen LogP contribution is -2.34.